The molecule has 116 valence electrons. The van der Waals surface area contributed by atoms with E-state index in [0.29, 0.717) is 17.1 Å². The zero-order chi connectivity index (χ0) is 16.2. The summed E-state index contributed by atoms with van der Waals surface area (Å²) in [6.07, 6.45) is 1.53. The van der Waals surface area contributed by atoms with Crippen LogP contribution in [0, 0.1) is 0 Å². The van der Waals surface area contributed by atoms with Crippen LogP contribution in [-0.4, -0.2) is 31.4 Å². The molecule has 0 saturated carbocycles. The van der Waals surface area contributed by atoms with Crippen LogP contribution >= 0.6 is 0 Å². The number of hydrogen-bond donors (Lipinski definition) is 0. The molecule has 0 bridgehead atoms. The molecule has 0 spiro atoms. The predicted molar refractivity (Wildman–Crippen MR) is 85.7 cm³/mol. The van der Waals surface area contributed by atoms with Crippen LogP contribution in [-0.2, 0) is 13.6 Å². The van der Waals surface area contributed by atoms with E-state index in [1.807, 2.05) is 18.4 Å². The van der Waals surface area contributed by atoms with E-state index in [1.165, 1.54) is 10.6 Å². The van der Waals surface area contributed by atoms with Gasteiger partial charge in [0.25, 0.3) is 5.56 Å². The molecule has 0 fully saturated rings. The van der Waals surface area contributed by atoms with Gasteiger partial charge in [-0.05, 0) is 13.8 Å². The van der Waals surface area contributed by atoms with Crippen molar-refractivity contribution in [3.8, 4) is 0 Å². The number of nitrogens with zero attached hydrogens (tertiary/aromatic N) is 6. The second kappa shape index (κ2) is 4.69. The van der Waals surface area contributed by atoms with Gasteiger partial charge < -0.3 is 0 Å². The first-order chi connectivity index (χ1) is 10.4. The Bertz CT molecular complexity index is 929. The third-order valence-corrected chi connectivity index (χ3v) is 4.06. The van der Waals surface area contributed by atoms with Crippen molar-refractivity contribution < 1.29 is 0 Å². The molecule has 0 N–H and O–H groups in total. The minimum absolute atomic E-state index is 0.0985. The Hall–Kier alpha value is -2.64. The largest absolute Gasteiger partial charge is 0.332 e. The lowest BCUT2D eigenvalue weighted by molar-refractivity contribution is 0.643. The first kappa shape index (κ1) is 14.3. The van der Waals surface area contributed by atoms with E-state index in [9.17, 15) is 9.59 Å². The third kappa shape index (κ3) is 1.69. The van der Waals surface area contributed by atoms with Crippen molar-refractivity contribution in [1.82, 2.24) is 18.7 Å². The van der Waals surface area contributed by atoms with E-state index in [4.69, 9.17) is 0 Å². The quantitative estimate of drug-likeness (QED) is 0.756. The maximum Gasteiger partial charge on any atom is 0.332 e. The number of rotatable bonds is 2. The summed E-state index contributed by atoms with van der Waals surface area (Å²) in [5.74, 6) is 0.552. The van der Waals surface area contributed by atoms with E-state index in [0.717, 1.165) is 10.3 Å². The van der Waals surface area contributed by atoms with Crippen LogP contribution in [0.25, 0.3) is 11.2 Å². The molecule has 0 radical (unpaired) electrons. The van der Waals surface area contributed by atoms with Gasteiger partial charge in [0, 0.05) is 20.6 Å². The fourth-order valence-corrected chi connectivity index (χ4v) is 2.77. The van der Waals surface area contributed by atoms with Gasteiger partial charge in [-0.1, -0.05) is 6.08 Å². The first-order valence-corrected chi connectivity index (χ1v) is 7.00. The van der Waals surface area contributed by atoms with Gasteiger partial charge in [0.15, 0.2) is 11.2 Å². The summed E-state index contributed by atoms with van der Waals surface area (Å²) in [5, 5.41) is 6.02. The second-order valence-corrected chi connectivity index (χ2v) is 5.44. The van der Waals surface area contributed by atoms with Crippen LogP contribution in [0.3, 0.4) is 0 Å². The van der Waals surface area contributed by atoms with Crippen molar-refractivity contribution >= 4 is 22.8 Å². The maximum atomic E-state index is 12.8. The highest BCUT2D eigenvalue weighted by Crippen LogP contribution is 2.28. The number of aromatic nitrogens is 4. The summed E-state index contributed by atoms with van der Waals surface area (Å²) < 4.78 is 4.39. The average Bonchev–Trinajstić information content (AvgIpc) is 2.88. The topological polar surface area (TPSA) is 77.4 Å². The SMILES string of the molecule is C=CCn1c(=O)c2c(nc3n2[C@H](C)C(C)=NN3C)n(C)c1=O. The summed E-state index contributed by atoms with van der Waals surface area (Å²) in [5.41, 5.74) is 0.895. The number of hydrazone groups is 1. The summed E-state index contributed by atoms with van der Waals surface area (Å²) in [6.45, 7) is 7.63. The van der Waals surface area contributed by atoms with Gasteiger partial charge in [0.2, 0.25) is 5.95 Å². The highest BCUT2D eigenvalue weighted by Gasteiger charge is 2.28. The van der Waals surface area contributed by atoms with Crippen LogP contribution in [0.4, 0.5) is 5.95 Å². The summed E-state index contributed by atoms with van der Waals surface area (Å²) in [4.78, 5) is 29.5. The van der Waals surface area contributed by atoms with Gasteiger partial charge in [-0.3, -0.25) is 18.5 Å². The maximum absolute atomic E-state index is 12.8. The molecule has 1 aliphatic rings. The molecule has 3 heterocycles. The van der Waals surface area contributed by atoms with Crippen LogP contribution in [0.15, 0.2) is 27.3 Å². The molecule has 2 aromatic rings. The zero-order valence-corrected chi connectivity index (χ0v) is 13.1. The van der Waals surface area contributed by atoms with Gasteiger partial charge in [0.1, 0.15) is 0 Å². The van der Waals surface area contributed by atoms with Gasteiger partial charge in [-0.15, -0.1) is 6.58 Å². The van der Waals surface area contributed by atoms with E-state index in [-0.39, 0.29) is 18.1 Å². The molecule has 8 heteroatoms. The molecule has 0 amide bonds. The first-order valence-electron chi connectivity index (χ1n) is 7.00. The smallest absolute Gasteiger partial charge is 0.294 e. The lowest BCUT2D eigenvalue weighted by Gasteiger charge is -2.26. The summed E-state index contributed by atoms with van der Waals surface area (Å²) in [6, 6.07) is -0.0985. The van der Waals surface area contributed by atoms with E-state index >= 15 is 0 Å². The van der Waals surface area contributed by atoms with Crippen LogP contribution in [0.1, 0.15) is 19.9 Å². The number of aryl methyl sites for hydroxylation is 1. The Balaban J connectivity index is 2.50. The molecular weight excluding hydrogens is 284 g/mol. The Labute approximate surface area is 126 Å². The van der Waals surface area contributed by atoms with Gasteiger partial charge in [0.05, 0.1) is 11.8 Å². The number of fused-ring (bicyclic) bond motifs is 3. The lowest BCUT2D eigenvalue weighted by atomic mass is 10.2. The summed E-state index contributed by atoms with van der Waals surface area (Å²) in [7, 11) is 3.38. The predicted octanol–water partition coefficient (Wildman–Crippen LogP) is 0.469. The Morgan fingerprint density at radius 2 is 2.00 bits per heavy atom. The van der Waals surface area contributed by atoms with Gasteiger partial charge in [-0.25, -0.2) is 9.80 Å². The van der Waals surface area contributed by atoms with Crippen LogP contribution in [0.2, 0.25) is 0 Å². The molecule has 0 unspecified atom stereocenters. The Morgan fingerprint density at radius 3 is 2.64 bits per heavy atom. The molecule has 0 aromatic carbocycles. The number of hydrogen-bond acceptors (Lipinski definition) is 5. The number of anilines is 1. The Morgan fingerprint density at radius 1 is 1.32 bits per heavy atom. The van der Waals surface area contributed by atoms with E-state index in [1.54, 1.807) is 19.1 Å². The van der Waals surface area contributed by atoms with E-state index < -0.39 is 5.69 Å². The van der Waals surface area contributed by atoms with Crippen molar-refractivity contribution in [1.29, 1.82) is 0 Å². The molecule has 0 aliphatic carbocycles. The minimum Gasteiger partial charge on any atom is -0.294 e. The molecule has 0 saturated heterocycles. The molecule has 1 atom stereocenters. The van der Waals surface area contributed by atoms with Crippen molar-refractivity contribution in [2.75, 3.05) is 12.1 Å². The molecular formula is C14H18N6O2. The van der Waals surface area contributed by atoms with Crippen molar-refractivity contribution in [2.45, 2.75) is 26.4 Å². The molecule has 2 aromatic heterocycles. The molecule has 8 nitrogen and oxygen atoms in total. The lowest BCUT2D eigenvalue weighted by Crippen LogP contribution is -2.40. The van der Waals surface area contributed by atoms with Gasteiger partial charge in [-0.2, -0.15) is 10.1 Å². The highest BCUT2D eigenvalue weighted by molar-refractivity contribution is 5.90. The fraction of sp³-hybridized carbons (Fsp3) is 0.429. The zero-order valence-electron chi connectivity index (χ0n) is 13.1. The minimum atomic E-state index is -0.402. The van der Waals surface area contributed by atoms with Crippen molar-refractivity contribution in [3.05, 3.63) is 33.5 Å². The number of imidazole rings is 1. The van der Waals surface area contributed by atoms with E-state index in [2.05, 4.69) is 16.7 Å². The van der Waals surface area contributed by atoms with Gasteiger partial charge >= 0.3 is 5.69 Å². The normalized spacial score (nSPS) is 17.5. The van der Waals surface area contributed by atoms with Crippen LogP contribution < -0.4 is 16.3 Å². The average molecular weight is 302 g/mol. The standard InChI is InChI=1S/C14H18N6O2/c1-6-7-19-12(21)10-11(17(4)14(19)22)15-13-18(5)16-8(2)9(3)20(10)13/h6,9H,1,7H2,2-5H3/t9-/m1/s1. The Kier molecular flexibility index (Phi) is 3.05. The summed E-state index contributed by atoms with van der Waals surface area (Å²) >= 11 is 0. The molecule has 1 aliphatic heterocycles. The van der Waals surface area contributed by atoms with Crippen LogP contribution in [0.5, 0.6) is 0 Å². The molecule has 3 rings (SSSR count). The van der Waals surface area contributed by atoms with Crippen molar-refractivity contribution in [3.63, 3.8) is 0 Å². The number of allylic oxidation sites excluding steroid dienone is 1. The third-order valence-electron chi connectivity index (χ3n) is 4.06. The fourth-order valence-electron chi connectivity index (χ4n) is 2.77. The molecule has 22 heavy (non-hydrogen) atoms. The van der Waals surface area contributed by atoms with Crippen molar-refractivity contribution in [2.24, 2.45) is 12.1 Å². The highest BCUT2D eigenvalue weighted by atomic mass is 16.2. The second-order valence-electron chi connectivity index (χ2n) is 5.44. The monoisotopic (exact) mass is 302 g/mol.